The summed E-state index contributed by atoms with van der Waals surface area (Å²) >= 11 is 0. The molecule has 174 valence electrons. The SMILES string of the molecule is CC(=O)NCCCc1ccc(OCCCCOc2ccc(CCCNC(C)=O)cc2)cc1. The van der Waals surface area contributed by atoms with E-state index in [1.165, 1.54) is 25.0 Å². The first kappa shape index (κ1) is 25.2. The number of aryl methyl sites for hydroxylation is 2. The van der Waals surface area contributed by atoms with Crippen molar-refractivity contribution < 1.29 is 19.1 Å². The number of benzene rings is 2. The number of unbranched alkanes of at least 4 members (excludes halogenated alkanes) is 1. The summed E-state index contributed by atoms with van der Waals surface area (Å²) in [5, 5.41) is 5.62. The predicted octanol–water partition coefficient (Wildman–Crippen LogP) is 4.06. The summed E-state index contributed by atoms with van der Waals surface area (Å²) in [4.78, 5) is 21.7. The molecule has 0 saturated carbocycles. The number of hydrogen-bond acceptors (Lipinski definition) is 4. The van der Waals surface area contributed by atoms with Crippen LogP contribution in [-0.2, 0) is 22.4 Å². The van der Waals surface area contributed by atoms with Gasteiger partial charge in [-0.3, -0.25) is 9.59 Å². The summed E-state index contributed by atoms with van der Waals surface area (Å²) in [6.07, 6.45) is 5.60. The van der Waals surface area contributed by atoms with E-state index < -0.39 is 0 Å². The Morgan fingerprint density at radius 3 is 1.34 bits per heavy atom. The summed E-state index contributed by atoms with van der Waals surface area (Å²) in [6, 6.07) is 16.3. The highest BCUT2D eigenvalue weighted by molar-refractivity contribution is 5.73. The minimum absolute atomic E-state index is 0.0173. The summed E-state index contributed by atoms with van der Waals surface area (Å²) in [5.74, 6) is 1.79. The number of ether oxygens (including phenoxy) is 2. The van der Waals surface area contributed by atoms with Gasteiger partial charge in [0, 0.05) is 26.9 Å². The molecule has 2 amide bonds. The van der Waals surface area contributed by atoms with Crippen molar-refractivity contribution in [3.8, 4) is 11.5 Å². The van der Waals surface area contributed by atoms with Gasteiger partial charge in [-0.2, -0.15) is 0 Å². The zero-order valence-electron chi connectivity index (χ0n) is 19.3. The molecule has 2 aromatic carbocycles. The van der Waals surface area contributed by atoms with E-state index in [4.69, 9.17) is 9.47 Å². The topological polar surface area (TPSA) is 76.7 Å². The lowest BCUT2D eigenvalue weighted by Crippen LogP contribution is -2.21. The van der Waals surface area contributed by atoms with Gasteiger partial charge in [0.2, 0.25) is 11.8 Å². The second kappa shape index (κ2) is 14.9. The first-order chi connectivity index (χ1) is 15.5. The van der Waals surface area contributed by atoms with Gasteiger partial charge < -0.3 is 20.1 Å². The van der Waals surface area contributed by atoms with E-state index in [-0.39, 0.29) is 11.8 Å². The highest BCUT2D eigenvalue weighted by Crippen LogP contribution is 2.15. The molecule has 0 aromatic heterocycles. The lowest BCUT2D eigenvalue weighted by molar-refractivity contribution is -0.119. The number of rotatable bonds is 15. The zero-order valence-corrected chi connectivity index (χ0v) is 19.3. The molecule has 32 heavy (non-hydrogen) atoms. The van der Waals surface area contributed by atoms with Crippen molar-refractivity contribution in [3.63, 3.8) is 0 Å². The van der Waals surface area contributed by atoms with Crippen molar-refractivity contribution in [3.05, 3.63) is 59.7 Å². The molecule has 0 radical (unpaired) electrons. The van der Waals surface area contributed by atoms with Gasteiger partial charge in [0.05, 0.1) is 13.2 Å². The van der Waals surface area contributed by atoms with E-state index in [0.29, 0.717) is 26.3 Å². The highest BCUT2D eigenvalue weighted by atomic mass is 16.5. The van der Waals surface area contributed by atoms with Crippen LogP contribution >= 0.6 is 0 Å². The van der Waals surface area contributed by atoms with Gasteiger partial charge in [-0.05, 0) is 73.9 Å². The van der Waals surface area contributed by atoms with E-state index in [1.54, 1.807) is 0 Å². The highest BCUT2D eigenvalue weighted by Gasteiger charge is 2.00. The molecular weight excluding hydrogens is 404 g/mol. The lowest BCUT2D eigenvalue weighted by Gasteiger charge is -2.09. The van der Waals surface area contributed by atoms with E-state index in [1.807, 2.05) is 24.3 Å². The molecule has 0 heterocycles. The monoisotopic (exact) mass is 440 g/mol. The predicted molar refractivity (Wildman–Crippen MR) is 127 cm³/mol. The van der Waals surface area contributed by atoms with Crippen LogP contribution < -0.4 is 20.1 Å². The Hall–Kier alpha value is -3.02. The normalized spacial score (nSPS) is 10.4. The quantitative estimate of drug-likeness (QED) is 0.410. The van der Waals surface area contributed by atoms with Gasteiger partial charge >= 0.3 is 0 Å². The first-order valence-electron chi connectivity index (χ1n) is 11.5. The standard InChI is InChI=1S/C26H36N2O4/c1-21(29)27-17-5-7-23-9-13-25(14-10-23)31-19-3-4-20-32-26-15-11-24(12-16-26)8-6-18-28-22(2)30/h9-16H,3-8,17-20H2,1-2H3,(H,27,29)(H,28,30). The molecule has 0 fully saturated rings. The van der Waals surface area contributed by atoms with Crippen LogP contribution in [0.15, 0.2) is 48.5 Å². The third-order valence-corrected chi connectivity index (χ3v) is 4.96. The molecule has 2 rings (SSSR count). The van der Waals surface area contributed by atoms with Gasteiger partial charge in [0.1, 0.15) is 11.5 Å². The molecule has 0 atom stereocenters. The van der Waals surface area contributed by atoms with Crippen LogP contribution in [0.5, 0.6) is 11.5 Å². The number of carbonyl (C=O) groups is 2. The molecule has 0 bridgehead atoms. The Morgan fingerprint density at radius 2 is 1.00 bits per heavy atom. The maximum atomic E-state index is 10.9. The van der Waals surface area contributed by atoms with Crippen molar-refractivity contribution in [2.75, 3.05) is 26.3 Å². The largest absolute Gasteiger partial charge is 0.494 e. The molecule has 0 aliphatic carbocycles. The van der Waals surface area contributed by atoms with E-state index in [0.717, 1.165) is 50.0 Å². The fourth-order valence-electron chi connectivity index (χ4n) is 3.20. The maximum absolute atomic E-state index is 10.9. The number of amides is 2. The molecule has 0 unspecified atom stereocenters. The van der Waals surface area contributed by atoms with Gasteiger partial charge in [-0.25, -0.2) is 0 Å². The summed E-state index contributed by atoms with van der Waals surface area (Å²) in [7, 11) is 0. The van der Waals surface area contributed by atoms with Crippen molar-refractivity contribution in [1.82, 2.24) is 10.6 Å². The Morgan fingerprint density at radius 1 is 0.625 bits per heavy atom. The van der Waals surface area contributed by atoms with E-state index in [9.17, 15) is 9.59 Å². The van der Waals surface area contributed by atoms with Crippen LogP contribution in [0.2, 0.25) is 0 Å². The molecule has 6 heteroatoms. The van der Waals surface area contributed by atoms with Crippen LogP contribution in [0.25, 0.3) is 0 Å². The average molecular weight is 441 g/mol. The molecule has 6 nitrogen and oxygen atoms in total. The van der Waals surface area contributed by atoms with Gasteiger partial charge in [-0.1, -0.05) is 24.3 Å². The smallest absolute Gasteiger partial charge is 0.216 e. The minimum atomic E-state index is 0.0173. The van der Waals surface area contributed by atoms with Crippen LogP contribution in [-0.4, -0.2) is 38.1 Å². The number of hydrogen-bond donors (Lipinski definition) is 2. The second-order valence-corrected chi connectivity index (χ2v) is 7.86. The zero-order chi connectivity index (χ0) is 23.0. The molecule has 0 aliphatic heterocycles. The van der Waals surface area contributed by atoms with Crippen molar-refractivity contribution >= 4 is 11.8 Å². The van der Waals surface area contributed by atoms with Crippen LogP contribution in [0.3, 0.4) is 0 Å². The fourth-order valence-corrected chi connectivity index (χ4v) is 3.20. The van der Waals surface area contributed by atoms with E-state index >= 15 is 0 Å². The van der Waals surface area contributed by atoms with Crippen LogP contribution in [0.4, 0.5) is 0 Å². The molecule has 0 aliphatic rings. The Bertz CT molecular complexity index is 734. The van der Waals surface area contributed by atoms with Crippen LogP contribution in [0, 0.1) is 0 Å². The van der Waals surface area contributed by atoms with Gasteiger partial charge in [-0.15, -0.1) is 0 Å². The van der Waals surface area contributed by atoms with Gasteiger partial charge in [0.25, 0.3) is 0 Å². The third-order valence-electron chi connectivity index (χ3n) is 4.96. The third kappa shape index (κ3) is 11.4. The van der Waals surface area contributed by atoms with E-state index in [2.05, 4.69) is 34.9 Å². The molecule has 2 aromatic rings. The average Bonchev–Trinajstić information content (AvgIpc) is 2.78. The fraction of sp³-hybridized carbons (Fsp3) is 0.462. The Balaban J connectivity index is 1.52. The summed E-state index contributed by atoms with van der Waals surface area (Å²) in [5.41, 5.74) is 2.49. The molecule has 0 spiro atoms. The van der Waals surface area contributed by atoms with Crippen molar-refractivity contribution in [2.24, 2.45) is 0 Å². The van der Waals surface area contributed by atoms with Crippen molar-refractivity contribution in [1.29, 1.82) is 0 Å². The minimum Gasteiger partial charge on any atom is -0.494 e. The van der Waals surface area contributed by atoms with Gasteiger partial charge in [0.15, 0.2) is 0 Å². The first-order valence-corrected chi connectivity index (χ1v) is 11.5. The molecular formula is C26H36N2O4. The Labute approximate surface area is 191 Å². The number of carbonyl (C=O) groups excluding carboxylic acids is 2. The maximum Gasteiger partial charge on any atom is 0.216 e. The summed E-state index contributed by atoms with van der Waals surface area (Å²) < 4.78 is 11.6. The number of nitrogens with one attached hydrogen (secondary N) is 2. The van der Waals surface area contributed by atoms with Crippen LogP contribution in [0.1, 0.15) is 50.7 Å². The molecule has 0 saturated heterocycles. The summed E-state index contributed by atoms with van der Waals surface area (Å²) in [6.45, 7) is 5.82. The lowest BCUT2D eigenvalue weighted by atomic mass is 10.1. The second-order valence-electron chi connectivity index (χ2n) is 7.86. The molecule has 2 N–H and O–H groups in total. The van der Waals surface area contributed by atoms with Crippen molar-refractivity contribution in [2.45, 2.75) is 52.4 Å². The Kier molecular flexibility index (Phi) is 11.7.